The highest BCUT2D eigenvalue weighted by atomic mass is 35.5. The third-order valence-electron chi connectivity index (χ3n) is 5.49. The number of benzene rings is 2. The minimum absolute atomic E-state index is 0.0154. The Hall–Kier alpha value is -3.24. The number of carbonyl (C=O) groups excluding carboxylic acids is 4. The Morgan fingerprint density at radius 1 is 1.12 bits per heavy atom. The molecule has 11 heteroatoms. The fourth-order valence-corrected chi connectivity index (χ4v) is 6.23. The summed E-state index contributed by atoms with van der Waals surface area (Å²) in [6.07, 6.45) is 0.276. The van der Waals surface area contributed by atoms with Crippen molar-refractivity contribution in [1.82, 2.24) is 5.32 Å². The van der Waals surface area contributed by atoms with Crippen molar-refractivity contribution < 1.29 is 32.3 Å². The van der Waals surface area contributed by atoms with E-state index in [0.29, 0.717) is 0 Å². The smallest absolute Gasteiger partial charge is 0.338 e. The zero-order valence-electron chi connectivity index (χ0n) is 17.5. The summed E-state index contributed by atoms with van der Waals surface area (Å²) in [5.41, 5.74) is -0.566. The Morgan fingerprint density at radius 2 is 1.82 bits per heavy atom. The molecule has 0 bridgehead atoms. The summed E-state index contributed by atoms with van der Waals surface area (Å²) in [5, 5.41) is 2.81. The van der Waals surface area contributed by atoms with E-state index in [9.17, 15) is 27.6 Å². The number of hydrogen-bond donors (Lipinski definition) is 1. The number of amides is 3. The molecule has 0 aromatic heterocycles. The first-order valence-electron chi connectivity index (χ1n) is 9.96. The second-order valence-electron chi connectivity index (χ2n) is 8.18. The summed E-state index contributed by atoms with van der Waals surface area (Å²) in [6.45, 7) is 0.995. The van der Waals surface area contributed by atoms with E-state index in [0.717, 1.165) is 4.90 Å². The summed E-state index contributed by atoms with van der Waals surface area (Å²) in [5.74, 6) is -2.90. The highest BCUT2D eigenvalue weighted by molar-refractivity contribution is 7.91. The Morgan fingerprint density at radius 3 is 2.48 bits per heavy atom. The minimum Gasteiger partial charge on any atom is -0.452 e. The second-order valence-corrected chi connectivity index (χ2v) is 10.8. The summed E-state index contributed by atoms with van der Waals surface area (Å²) in [7, 11) is -3.21. The number of carbonyl (C=O) groups is 4. The van der Waals surface area contributed by atoms with Crippen LogP contribution in [0.4, 0.5) is 5.69 Å². The molecule has 3 amide bonds. The first-order chi connectivity index (χ1) is 15.5. The van der Waals surface area contributed by atoms with Gasteiger partial charge < -0.3 is 10.1 Å². The van der Waals surface area contributed by atoms with Gasteiger partial charge in [-0.3, -0.25) is 14.4 Å². The predicted octanol–water partition coefficient (Wildman–Crippen LogP) is 1.99. The SMILES string of the molecule is CC1(NC(=O)COC(=O)c2ccc3c(c2)C(=O)N(c2ccccc2Cl)C3=O)CCS(=O)(=O)C1. The molecule has 0 spiro atoms. The minimum atomic E-state index is -3.21. The molecule has 172 valence electrons. The molecule has 9 nitrogen and oxygen atoms in total. The molecule has 2 aromatic carbocycles. The van der Waals surface area contributed by atoms with Gasteiger partial charge in [0.15, 0.2) is 16.4 Å². The Bertz CT molecular complexity index is 1310. The van der Waals surface area contributed by atoms with E-state index in [1.807, 2.05) is 0 Å². The Labute approximate surface area is 194 Å². The molecule has 2 heterocycles. The number of esters is 1. The number of halogens is 1. The Balaban J connectivity index is 1.44. The van der Waals surface area contributed by atoms with Crippen molar-refractivity contribution in [3.63, 3.8) is 0 Å². The van der Waals surface area contributed by atoms with Crippen molar-refractivity contribution in [3.05, 3.63) is 64.2 Å². The Kier molecular flexibility index (Phi) is 5.75. The third kappa shape index (κ3) is 4.49. The molecule has 33 heavy (non-hydrogen) atoms. The van der Waals surface area contributed by atoms with E-state index in [-0.39, 0.29) is 45.3 Å². The van der Waals surface area contributed by atoms with E-state index in [4.69, 9.17) is 16.3 Å². The lowest BCUT2D eigenvalue weighted by Gasteiger charge is -2.23. The fourth-order valence-electron chi connectivity index (χ4n) is 3.92. The number of nitrogens with one attached hydrogen (secondary N) is 1. The average molecular weight is 491 g/mol. The summed E-state index contributed by atoms with van der Waals surface area (Å²) >= 11 is 6.13. The molecular weight excluding hydrogens is 472 g/mol. The molecule has 0 aliphatic carbocycles. The number of ether oxygens (including phenoxy) is 1. The van der Waals surface area contributed by atoms with Crippen molar-refractivity contribution in [3.8, 4) is 0 Å². The van der Waals surface area contributed by atoms with Crippen molar-refractivity contribution >= 4 is 50.8 Å². The number of nitrogens with zero attached hydrogens (tertiary/aromatic N) is 1. The number of rotatable bonds is 5. The van der Waals surface area contributed by atoms with Crippen LogP contribution in [0.2, 0.25) is 5.02 Å². The van der Waals surface area contributed by atoms with Crippen molar-refractivity contribution in [2.45, 2.75) is 18.9 Å². The standard InChI is InChI=1S/C22H19ClN2O7S/c1-22(8-9-33(30,31)12-22)24-18(26)11-32-21(29)13-6-7-14-15(10-13)20(28)25(19(14)27)17-5-3-2-4-16(17)23/h2-7,10H,8-9,11-12H2,1H3,(H,24,26). The van der Waals surface area contributed by atoms with Gasteiger partial charge in [-0.15, -0.1) is 0 Å². The maximum Gasteiger partial charge on any atom is 0.338 e. The molecule has 1 saturated heterocycles. The van der Waals surface area contributed by atoms with Gasteiger partial charge in [-0.2, -0.15) is 0 Å². The summed E-state index contributed by atoms with van der Waals surface area (Å²) in [4.78, 5) is 51.1. The molecule has 1 unspecified atom stereocenters. The number of hydrogen-bond acceptors (Lipinski definition) is 7. The average Bonchev–Trinajstić information content (AvgIpc) is 3.18. The van der Waals surface area contributed by atoms with Gasteiger partial charge in [-0.1, -0.05) is 23.7 Å². The monoisotopic (exact) mass is 490 g/mol. The zero-order chi connectivity index (χ0) is 24.0. The molecule has 0 saturated carbocycles. The quantitative estimate of drug-likeness (QED) is 0.501. The molecular formula is C22H19ClN2O7S. The van der Waals surface area contributed by atoms with E-state index in [2.05, 4.69) is 5.32 Å². The van der Waals surface area contributed by atoms with Gasteiger partial charge in [0.2, 0.25) is 0 Å². The van der Waals surface area contributed by atoms with Crippen LogP contribution in [0.15, 0.2) is 42.5 Å². The number of imide groups is 1. The lowest BCUT2D eigenvalue weighted by atomic mass is 10.0. The zero-order valence-corrected chi connectivity index (χ0v) is 19.0. The van der Waals surface area contributed by atoms with E-state index in [1.54, 1.807) is 25.1 Å². The van der Waals surface area contributed by atoms with Crippen LogP contribution in [0.25, 0.3) is 0 Å². The molecule has 1 fully saturated rings. The number of sulfone groups is 1. The number of anilines is 1. The predicted molar refractivity (Wildman–Crippen MR) is 119 cm³/mol. The second kappa shape index (κ2) is 8.27. The van der Waals surface area contributed by atoms with Crippen LogP contribution >= 0.6 is 11.6 Å². The first-order valence-corrected chi connectivity index (χ1v) is 12.2. The molecule has 2 aliphatic heterocycles. The van der Waals surface area contributed by atoms with Crippen LogP contribution < -0.4 is 10.2 Å². The third-order valence-corrected chi connectivity index (χ3v) is 7.72. The first kappa shape index (κ1) is 22.9. The number of fused-ring (bicyclic) bond motifs is 1. The van der Waals surface area contributed by atoms with Crippen LogP contribution in [-0.4, -0.2) is 55.8 Å². The van der Waals surface area contributed by atoms with Crippen LogP contribution in [0.1, 0.15) is 44.4 Å². The van der Waals surface area contributed by atoms with Crippen LogP contribution in [0.5, 0.6) is 0 Å². The highest BCUT2D eigenvalue weighted by Gasteiger charge is 2.40. The molecule has 1 N–H and O–H groups in total. The topological polar surface area (TPSA) is 127 Å². The largest absolute Gasteiger partial charge is 0.452 e. The van der Waals surface area contributed by atoms with Gasteiger partial charge in [-0.25, -0.2) is 18.1 Å². The normalized spacial score (nSPS) is 21.1. The van der Waals surface area contributed by atoms with Gasteiger partial charge in [0.1, 0.15) is 0 Å². The van der Waals surface area contributed by atoms with Gasteiger partial charge in [0, 0.05) is 0 Å². The lowest BCUT2D eigenvalue weighted by molar-refractivity contribution is -0.125. The maximum atomic E-state index is 12.9. The maximum absolute atomic E-state index is 12.9. The summed E-state index contributed by atoms with van der Waals surface area (Å²) < 4.78 is 28.3. The van der Waals surface area contributed by atoms with Gasteiger partial charge in [-0.05, 0) is 43.7 Å². The molecule has 1 atom stereocenters. The van der Waals surface area contributed by atoms with E-state index >= 15 is 0 Å². The fraction of sp³-hybridized carbons (Fsp3) is 0.273. The van der Waals surface area contributed by atoms with Crippen molar-refractivity contribution in [1.29, 1.82) is 0 Å². The van der Waals surface area contributed by atoms with Gasteiger partial charge in [0.05, 0.1) is 44.4 Å². The van der Waals surface area contributed by atoms with E-state index < -0.39 is 45.7 Å². The highest BCUT2D eigenvalue weighted by Crippen LogP contribution is 2.33. The molecule has 2 aliphatic rings. The number of para-hydroxylation sites is 1. The van der Waals surface area contributed by atoms with E-state index in [1.165, 1.54) is 24.3 Å². The van der Waals surface area contributed by atoms with Crippen LogP contribution in [0.3, 0.4) is 0 Å². The van der Waals surface area contributed by atoms with Crippen LogP contribution in [-0.2, 0) is 19.4 Å². The molecule has 2 aromatic rings. The lowest BCUT2D eigenvalue weighted by Crippen LogP contribution is -2.48. The van der Waals surface area contributed by atoms with Crippen molar-refractivity contribution in [2.24, 2.45) is 0 Å². The van der Waals surface area contributed by atoms with Crippen LogP contribution in [0, 0.1) is 0 Å². The molecule has 0 radical (unpaired) electrons. The molecule has 4 rings (SSSR count). The summed E-state index contributed by atoms with van der Waals surface area (Å²) in [6, 6.07) is 10.3. The van der Waals surface area contributed by atoms with Gasteiger partial charge in [0.25, 0.3) is 17.7 Å². The van der Waals surface area contributed by atoms with Crippen molar-refractivity contribution in [2.75, 3.05) is 23.0 Å². The van der Waals surface area contributed by atoms with Gasteiger partial charge >= 0.3 is 5.97 Å².